The van der Waals surface area contributed by atoms with Gasteiger partial charge in [-0.3, -0.25) is 10.1 Å². The van der Waals surface area contributed by atoms with Gasteiger partial charge in [0.2, 0.25) is 0 Å². The average Bonchev–Trinajstić information content (AvgIpc) is 2.34. The summed E-state index contributed by atoms with van der Waals surface area (Å²) in [6.45, 7) is 1.94. The molecule has 0 bridgehead atoms. The van der Waals surface area contributed by atoms with Crippen LogP contribution < -0.4 is 4.74 Å². The number of nitro benzene ring substituents is 1. The maximum absolute atomic E-state index is 10.6. The van der Waals surface area contributed by atoms with Gasteiger partial charge in [-0.1, -0.05) is 18.2 Å². The highest BCUT2D eigenvalue weighted by Gasteiger charge is 2.11. The van der Waals surface area contributed by atoms with E-state index in [4.69, 9.17) is 4.74 Å². The van der Waals surface area contributed by atoms with E-state index in [2.05, 4.69) is 15.9 Å². The minimum absolute atomic E-state index is 0.0269. The first-order chi connectivity index (χ1) is 8.58. The first-order valence-electron chi connectivity index (χ1n) is 5.25. The van der Waals surface area contributed by atoms with Gasteiger partial charge in [0, 0.05) is 12.1 Å². The molecule has 0 saturated heterocycles. The summed E-state index contributed by atoms with van der Waals surface area (Å²) in [6, 6.07) is 12.0. The lowest BCUT2D eigenvalue weighted by Crippen LogP contribution is -1.91. The normalized spacial score (nSPS) is 10.1. The Morgan fingerprint density at radius 2 is 1.89 bits per heavy atom. The third-order valence-electron chi connectivity index (χ3n) is 2.44. The molecule has 0 heterocycles. The fourth-order valence-electron chi connectivity index (χ4n) is 1.48. The highest BCUT2D eigenvalue weighted by atomic mass is 79.9. The zero-order valence-electron chi connectivity index (χ0n) is 9.59. The molecule has 2 aromatic carbocycles. The molecule has 0 aliphatic heterocycles. The van der Waals surface area contributed by atoms with Gasteiger partial charge in [0.1, 0.15) is 11.5 Å². The van der Waals surface area contributed by atoms with Gasteiger partial charge in [0.15, 0.2) is 0 Å². The molecule has 0 aliphatic carbocycles. The monoisotopic (exact) mass is 307 g/mol. The van der Waals surface area contributed by atoms with E-state index in [1.54, 1.807) is 6.07 Å². The van der Waals surface area contributed by atoms with E-state index in [0.717, 1.165) is 11.3 Å². The van der Waals surface area contributed by atoms with Gasteiger partial charge >= 0.3 is 0 Å². The molecule has 0 aliphatic rings. The molecule has 2 aromatic rings. The molecule has 2 rings (SSSR count). The van der Waals surface area contributed by atoms with Crippen molar-refractivity contribution in [3.8, 4) is 11.5 Å². The molecule has 0 spiro atoms. The number of benzene rings is 2. The number of aryl methyl sites for hydroxylation is 1. The Kier molecular flexibility index (Phi) is 3.62. The van der Waals surface area contributed by atoms with Crippen molar-refractivity contribution in [3.63, 3.8) is 0 Å². The maximum Gasteiger partial charge on any atom is 0.270 e. The first-order valence-corrected chi connectivity index (χ1v) is 6.04. The molecule has 0 saturated carbocycles. The van der Waals surface area contributed by atoms with Crippen LogP contribution in [0.2, 0.25) is 0 Å². The van der Waals surface area contributed by atoms with Crippen molar-refractivity contribution in [2.45, 2.75) is 6.92 Å². The van der Waals surface area contributed by atoms with Crippen molar-refractivity contribution in [2.75, 3.05) is 0 Å². The Morgan fingerprint density at radius 1 is 1.17 bits per heavy atom. The molecule has 0 aromatic heterocycles. The zero-order valence-corrected chi connectivity index (χ0v) is 11.2. The van der Waals surface area contributed by atoms with Crippen LogP contribution >= 0.6 is 15.9 Å². The summed E-state index contributed by atoms with van der Waals surface area (Å²) < 4.78 is 6.26. The fraction of sp³-hybridized carbons (Fsp3) is 0.0769. The molecule has 18 heavy (non-hydrogen) atoms. The lowest BCUT2D eigenvalue weighted by Gasteiger charge is -2.09. The van der Waals surface area contributed by atoms with Crippen molar-refractivity contribution in [3.05, 3.63) is 62.6 Å². The molecule has 0 amide bonds. The first kappa shape index (κ1) is 12.6. The molecule has 0 N–H and O–H groups in total. The Hall–Kier alpha value is -1.88. The number of para-hydroxylation sites is 1. The number of nitrogens with zero attached hydrogens (tertiary/aromatic N) is 1. The van der Waals surface area contributed by atoms with E-state index in [9.17, 15) is 10.1 Å². The number of halogens is 1. The second kappa shape index (κ2) is 5.18. The number of hydrogen-bond donors (Lipinski definition) is 0. The molecule has 0 radical (unpaired) electrons. The lowest BCUT2D eigenvalue weighted by molar-refractivity contribution is -0.384. The fourth-order valence-corrected chi connectivity index (χ4v) is 1.92. The van der Waals surface area contributed by atoms with E-state index in [1.165, 1.54) is 12.1 Å². The van der Waals surface area contributed by atoms with Crippen LogP contribution in [-0.2, 0) is 0 Å². The van der Waals surface area contributed by atoms with E-state index >= 15 is 0 Å². The van der Waals surface area contributed by atoms with Crippen molar-refractivity contribution >= 4 is 21.6 Å². The number of non-ortho nitro benzene ring substituents is 1. The van der Waals surface area contributed by atoms with E-state index in [0.29, 0.717) is 10.2 Å². The minimum Gasteiger partial charge on any atom is -0.456 e. The van der Waals surface area contributed by atoms with Gasteiger partial charge in [0.25, 0.3) is 5.69 Å². The molecular formula is C13H10BrNO3. The number of hydrogen-bond acceptors (Lipinski definition) is 3. The van der Waals surface area contributed by atoms with Gasteiger partial charge in [0.05, 0.1) is 9.40 Å². The molecular weight excluding hydrogens is 298 g/mol. The summed E-state index contributed by atoms with van der Waals surface area (Å²) in [6.07, 6.45) is 0. The van der Waals surface area contributed by atoms with Crippen LogP contribution in [0, 0.1) is 17.0 Å². The van der Waals surface area contributed by atoms with Crippen LogP contribution in [-0.4, -0.2) is 4.92 Å². The molecule has 0 atom stereocenters. The van der Waals surface area contributed by atoms with Crippen LogP contribution in [0.1, 0.15) is 5.56 Å². The van der Waals surface area contributed by atoms with Gasteiger partial charge in [-0.2, -0.15) is 0 Å². The van der Waals surface area contributed by atoms with E-state index in [-0.39, 0.29) is 5.69 Å². The summed E-state index contributed by atoms with van der Waals surface area (Å²) in [5.74, 6) is 1.28. The lowest BCUT2D eigenvalue weighted by atomic mass is 10.2. The summed E-state index contributed by atoms with van der Waals surface area (Å²) >= 11 is 3.27. The van der Waals surface area contributed by atoms with Gasteiger partial charge in [-0.05, 0) is 40.5 Å². The van der Waals surface area contributed by atoms with Crippen molar-refractivity contribution in [1.82, 2.24) is 0 Å². The molecule has 4 nitrogen and oxygen atoms in total. The number of ether oxygens (including phenoxy) is 1. The second-order valence-electron chi connectivity index (χ2n) is 3.74. The maximum atomic E-state index is 10.6. The predicted octanol–water partition coefficient (Wildman–Crippen LogP) is 4.46. The summed E-state index contributed by atoms with van der Waals surface area (Å²) in [4.78, 5) is 10.2. The molecule has 92 valence electrons. The van der Waals surface area contributed by atoms with Crippen LogP contribution in [0.3, 0.4) is 0 Å². The molecule has 5 heteroatoms. The van der Waals surface area contributed by atoms with Gasteiger partial charge in [-0.15, -0.1) is 0 Å². The van der Waals surface area contributed by atoms with Crippen LogP contribution in [0.15, 0.2) is 46.9 Å². The van der Waals surface area contributed by atoms with Gasteiger partial charge < -0.3 is 4.74 Å². The average molecular weight is 308 g/mol. The predicted molar refractivity (Wildman–Crippen MR) is 72.0 cm³/mol. The third kappa shape index (κ3) is 2.68. The standard InChI is InChI=1S/C13H10BrNO3/c1-9-4-2-3-5-12(9)18-13-7-6-10(15(16)17)8-11(13)14/h2-8H,1H3. The van der Waals surface area contributed by atoms with E-state index in [1.807, 2.05) is 31.2 Å². The zero-order chi connectivity index (χ0) is 13.1. The summed E-state index contributed by atoms with van der Waals surface area (Å²) in [5, 5.41) is 10.6. The van der Waals surface area contributed by atoms with Crippen molar-refractivity contribution in [2.24, 2.45) is 0 Å². The second-order valence-corrected chi connectivity index (χ2v) is 4.59. The van der Waals surface area contributed by atoms with Gasteiger partial charge in [-0.25, -0.2) is 0 Å². The largest absolute Gasteiger partial charge is 0.456 e. The van der Waals surface area contributed by atoms with Crippen LogP contribution in [0.5, 0.6) is 11.5 Å². The van der Waals surface area contributed by atoms with E-state index < -0.39 is 4.92 Å². The Bertz CT molecular complexity index is 599. The number of rotatable bonds is 3. The van der Waals surface area contributed by atoms with Crippen molar-refractivity contribution in [1.29, 1.82) is 0 Å². The quantitative estimate of drug-likeness (QED) is 0.621. The highest BCUT2D eigenvalue weighted by Crippen LogP contribution is 2.33. The Labute approximate surface area is 112 Å². The molecule has 0 fully saturated rings. The highest BCUT2D eigenvalue weighted by molar-refractivity contribution is 9.10. The summed E-state index contributed by atoms with van der Waals surface area (Å²) in [5.41, 5.74) is 1.03. The van der Waals surface area contributed by atoms with Crippen LogP contribution in [0.25, 0.3) is 0 Å². The smallest absolute Gasteiger partial charge is 0.270 e. The van der Waals surface area contributed by atoms with Crippen molar-refractivity contribution < 1.29 is 9.66 Å². The van der Waals surface area contributed by atoms with Crippen LogP contribution in [0.4, 0.5) is 5.69 Å². The Balaban J connectivity index is 2.30. The Morgan fingerprint density at radius 3 is 2.50 bits per heavy atom. The topological polar surface area (TPSA) is 52.4 Å². The minimum atomic E-state index is -0.442. The molecule has 0 unspecified atom stereocenters. The SMILES string of the molecule is Cc1ccccc1Oc1ccc([N+](=O)[O-])cc1Br. The number of nitro groups is 1. The third-order valence-corrected chi connectivity index (χ3v) is 3.06. The summed E-state index contributed by atoms with van der Waals surface area (Å²) in [7, 11) is 0.